The van der Waals surface area contributed by atoms with Gasteiger partial charge < -0.3 is 19.2 Å². The van der Waals surface area contributed by atoms with Crippen molar-refractivity contribution in [2.45, 2.75) is 13.5 Å². The number of aromatic amines is 1. The van der Waals surface area contributed by atoms with E-state index in [-0.39, 0.29) is 0 Å². The minimum atomic E-state index is 0.362. The molecule has 0 spiro atoms. The van der Waals surface area contributed by atoms with Gasteiger partial charge in [-0.3, -0.25) is 0 Å². The quantitative estimate of drug-likeness (QED) is 0.482. The van der Waals surface area contributed by atoms with Crippen LogP contribution in [0.2, 0.25) is 0 Å². The van der Waals surface area contributed by atoms with Crippen LogP contribution in [0.15, 0.2) is 66.7 Å². The highest BCUT2D eigenvalue weighted by molar-refractivity contribution is 5.79. The second-order valence-corrected chi connectivity index (χ2v) is 6.30. The van der Waals surface area contributed by atoms with Crippen LogP contribution in [-0.4, -0.2) is 23.7 Å². The topological polar surface area (TPSA) is 56.4 Å². The first-order chi connectivity index (χ1) is 13.8. The van der Waals surface area contributed by atoms with Gasteiger partial charge in [-0.2, -0.15) is 0 Å². The van der Waals surface area contributed by atoms with E-state index in [1.165, 1.54) is 0 Å². The third-order valence-electron chi connectivity index (χ3n) is 4.48. The largest absolute Gasteiger partial charge is 0.496 e. The Morgan fingerprint density at radius 2 is 1.61 bits per heavy atom. The zero-order valence-electron chi connectivity index (χ0n) is 15.9. The molecule has 5 nitrogen and oxygen atoms in total. The average molecular weight is 374 g/mol. The molecule has 0 amide bonds. The van der Waals surface area contributed by atoms with E-state index >= 15 is 0 Å². The van der Waals surface area contributed by atoms with Crippen molar-refractivity contribution >= 4 is 11.0 Å². The minimum Gasteiger partial charge on any atom is -0.496 e. The van der Waals surface area contributed by atoms with Crippen molar-refractivity contribution in [1.82, 2.24) is 9.97 Å². The van der Waals surface area contributed by atoms with Gasteiger partial charge in [0, 0.05) is 11.1 Å². The van der Waals surface area contributed by atoms with Gasteiger partial charge in [0.2, 0.25) is 0 Å². The van der Waals surface area contributed by atoms with Gasteiger partial charge in [0.15, 0.2) is 11.5 Å². The predicted octanol–water partition coefficient (Wildman–Crippen LogP) is 5.22. The number of imidazole rings is 1. The highest BCUT2D eigenvalue weighted by Gasteiger charge is 2.11. The number of ether oxygens (including phenoxy) is 3. The number of aromatic nitrogens is 2. The maximum Gasteiger partial charge on any atom is 0.161 e. The second-order valence-electron chi connectivity index (χ2n) is 6.30. The lowest BCUT2D eigenvalue weighted by atomic mass is 10.1. The normalized spacial score (nSPS) is 10.8. The Kier molecular flexibility index (Phi) is 5.15. The zero-order chi connectivity index (χ0) is 19.3. The molecule has 0 fully saturated rings. The summed E-state index contributed by atoms with van der Waals surface area (Å²) in [5.41, 5.74) is 3.87. The summed E-state index contributed by atoms with van der Waals surface area (Å²) in [6.07, 6.45) is 0. The Morgan fingerprint density at radius 3 is 2.36 bits per heavy atom. The number of hydrogen-bond acceptors (Lipinski definition) is 4. The van der Waals surface area contributed by atoms with Crippen LogP contribution >= 0.6 is 0 Å². The number of hydrogen-bond donors (Lipinski definition) is 1. The van der Waals surface area contributed by atoms with E-state index in [4.69, 9.17) is 14.2 Å². The smallest absolute Gasteiger partial charge is 0.161 e. The molecular formula is C23H22N2O3. The molecule has 1 heterocycles. The van der Waals surface area contributed by atoms with Crippen LogP contribution in [0.5, 0.6) is 17.2 Å². The van der Waals surface area contributed by atoms with Crippen LogP contribution in [0.1, 0.15) is 12.5 Å². The van der Waals surface area contributed by atoms with Crippen LogP contribution in [0.4, 0.5) is 0 Å². The highest BCUT2D eigenvalue weighted by Crippen LogP contribution is 2.30. The van der Waals surface area contributed by atoms with Gasteiger partial charge >= 0.3 is 0 Å². The molecule has 5 heteroatoms. The summed E-state index contributed by atoms with van der Waals surface area (Å²) in [6.45, 7) is 2.91. The summed E-state index contributed by atoms with van der Waals surface area (Å²) in [5, 5.41) is 0. The second kappa shape index (κ2) is 8.05. The van der Waals surface area contributed by atoms with E-state index in [1.54, 1.807) is 7.11 Å². The number of methoxy groups -OCH3 is 1. The summed E-state index contributed by atoms with van der Waals surface area (Å²) >= 11 is 0. The summed E-state index contributed by atoms with van der Waals surface area (Å²) < 4.78 is 17.2. The number of nitrogens with one attached hydrogen (secondary N) is 1. The molecule has 4 aromatic rings. The van der Waals surface area contributed by atoms with E-state index < -0.39 is 0 Å². The lowest BCUT2D eigenvalue weighted by molar-refractivity contribution is 0.265. The predicted molar refractivity (Wildman–Crippen MR) is 110 cm³/mol. The van der Waals surface area contributed by atoms with Crippen LogP contribution in [0.3, 0.4) is 0 Å². The number of nitrogens with zero attached hydrogens (tertiary/aromatic N) is 1. The molecular weight excluding hydrogens is 352 g/mol. The fourth-order valence-electron chi connectivity index (χ4n) is 3.13. The zero-order valence-corrected chi connectivity index (χ0v) is 15.9. The summed E-state index contributed by atoms with van der Waals surface area (Å²) in [4.78, 5) is 8.04. The first-order valence-electron chi connectivity index (χ1n) is 9.25. The molecule has 1 N–H and O–H groups in total. The highest BCUT2D eigenvalue weighted by atomic mass is 16.5. The SMILES string of the molecule is CCOc1ccccc1OCc1cc(-c2nc3ccccc3[nH]2)ccc1OC. The van der Waals surface area contributed by atoms with Crippen molar-refractivity contribution in [3.8, 4) is 28.6 Å². The van der Waals surface area contributed by atoms with E-state index in [0.717, 1.165) is 39.5 Å². The van der Waals surface area contributed by atoms with Crippen LogP contribution in [-0.2, 0) is 6.61 Å². The molecule has 0 saturated carbocycles. The molecule has 0 aliphatic rings. The standard InChI is InChI=1S/C23H22N2O3/c1-3-27-21-10-6-7-11-22(21)28-15-17-14-16(12-13-20(17)26-2)23-24-18-8-4-5-9-19(18)25-23/h4-14H,3,15H2,1-2H3,(H,24,25). The molecule has 1 aromatic heterocycles. The molecule has 0 radical (unpaired) electrons. The maximum absolute atomic E-state index is 6.03. The van der Waals surface area contributed by atoms with Crippen molar-refractivity contribution < 1.29 is 14.2 Å². The molecule has 0 unspecified atom stereocenters. The van der Waals surface area contributed by atoms with E-state index in [9.17, 15) is 0 Å². The first kappa shape index (κ1) is 17.9. The summed E-state index contributed by atoms with van der Waals surface area (Å²) in [7, 11) is 1.66. The van der Waals surface area contributed by atoms with Gasteiger partial charge in [-0.05, 0) is 49.4 Å². The Hall–Kier alpha value is -3.47. The molecule has 0 atom stereocenters. The lowest BCUT2D eigenvalue weighted by Gasteiger charge is -2.14. The minimum absolute atomic E-state index is 0.362. The summed E-state index contributed by atoms with van der Waals surface area (Å²) in [6, 6.07) is 21.6. The molecule has 0 aliphatic heterocycles. The molecule has 3 aromatic carbocycles. The number of benzene rings is 3. The van der Waals surface area contributed by atoms with Crippen LogP contribution < -0.4 is 14.2 Å². The van der Waals surface area contributed by atoms with Gasteiger partial charge in [0.1, 0.15) is 18.2 Å². The number of H-pyrrole nitrogens is 1. The Bertz CT molecular complexity index is 1060. The van der Waals surface area contributed by atoms with Gasteiger partial charge in [0.05, 0.1) is 24.8 Å². The molecule has 0 aliphatic carbocycles. The molecule has 0 bridgehead atoms. The van der Waals surface area contributed by atoms with Gasteiger partial charge in [-0.15, -0.1) is 0 Å². The van der Waals surface area contributed by atoms with Gasteiger partial charge in [-0.1, -0.05) is 24.3 Å². The number of rotatable bonds is 7. The van der Waals surface area contributed by atoms with Crippen molar-refractivity contribution in [1.29, 1.82) is 0 Å². The monoisotopic (exact) mass is 374 g/mol. The van der Waals surface area contributed by atoms with Crippen molar-refractivity contribution in [2.75, 3.05) is 13.7 Å². The molecule has 28 heavy (non-hydrogen) atoms. The Morgan fingerprint density at radius 1 is 0.857 bits per heavy atom. The van der Waals surface area contributed by atoms with Crippen LogP contribution in [0, 0.1) is 0 Å². The Balaban J connectivity index is 1.62. The third-order valence-corrected chi connectivity index (χ3v) is 4.48. The lowest BCUT2D eigenvalue weighted by Crippen LogP contribution is -2.01. The molecule has 142 valence electrons. The maximum atomic E-state index is 6.03. The molecule has 4 rings (SSSR count). The van der Waals surface area contributed by atoms with E-state index in [0.29, 0.717) is 19.0 Å². The third kappa shape index (κ3) is 3.64. The number of para-hydroxylation sites is 4. The van der Waals surface area contributed by atoms with Crippen LogP contribution in [0.25, 0.3) is 22.4 Å². The number of fused-ring (bicyclic) bond motifs is 1. The fourth-order valence-corrected chi connectivity index (χ4v) is 3.13. The fraction of sp³-hybridized carbons (Fsp3) is 0.174. The summed E-state index contributed by atoms with van der Waals surface area (Å²) in [5.74, 6) is 3.03. The van der Waals surface area contributed by atoms with E-state index in [1.807, 2.05) is 73.7 Å². The molecule has 0 saturated heterocycles. The first-order valence-corrected chi connectivity index (χ1v) is 9.25. The Labute approximate surface area is 163 Å². The van der Waals surface area contributed by atoms with E-state index in [2.05, 4.69) is 9.97 Å². The van der Waals surface area contributed by atoms with Gasteiger partial charge in [0.25, 0.3) is 0 Å². The van der Waals surface area contributed by atoms with Crippen molar-refractivity contribution in [3.63, 3.8) is 0 Å². The average Bonchev–Trinajstić information content (AvgIpc) is 3.17. The van der Waals surface area contributed by atoms with Crippen molar-refractivity contribution in [2.24, 2.45) is 0 Å². The van der Waals surface area contributed by atoms with Gasteiger partial charge in [-0.25, -0.2) is 4.98 Å². The van der Waals surface area contributed by atoms with Crippen molar-refractivity contribution in [3.05, 3.63) is 72.3 Å².